The molecule has 0 aliphatic heterocycles. The summed E-state index contributed by atoms with van der Waals surface area (Å²) in [5.74, 6) is -1.45. The number of nitrogens with two attached hydrogens (primary N) is 1. The van der Waals surface area contributed by atoms with Gasteiger partial charge in [-0.25, -0.2) is 36.1 Å². The molecule has 6 aromatic carbocycles. The van der Waals surface area contributed by atoms with Crippen molar-refractivity contribution in [2.24, 2.45) is 5.14 Å². The molecule has 0 bridgehead atoms. The number of hydrogen-bond donors (Lipinski definition) is 1. The largest absolute Gasteiger partial charge is 0.514 e. The summed E-state index contributed by atoms with van der Waals surface area (Å²) >= 11 is 0. The van der Waals surface area contributed by atoms with Gasteiger partial charge in [0.25, 0.3) is 11.4 Å². The molecule has 2 heterocycles. The summed E-state index contributed by atoms with van der Waals surface area (Å²) in [6.45, 7) is 5.74. The first kappa shape index (κ1) is 73.9. The van der Waals surface area contributed by atoms with Gasteiger partial charge in [0.15, 0.2) is 27.0 Å². The first-order chi connectivity index (χ1) is 46.3. The summed E-state index contributed by atoms with van der Waals surface area (Å²) in [4.78, 5) is 61.8. The number of hydrogen-bond acceptors (Lipinski definition) is 17. The number of rotatable bonds is 14. The van der Waals surface area contributed by atoms with Gasteiger partial charge in [0.2, 0.25) is 10.0 Å². The van der Waals surface area contributed by atoms with Crippen molar-refractivity contribution in [3.8, 4) is 39.6 Å². The normalized spacial score (nSPS) is 15.5. The van der Waals surface area contributed by atoms with Crippen LogP contribution in [0, 0.1) is 34.1 Å². The van der Waals surface area contributed by atoms with Gasteiger partial charge in [-0.15, -0.1) is 0 Å². The van der Waals surface area contributed by atoms with Gasteiger partial charge in [-0.3, -0.25) is 29.8 Å². The minimum atomic E-state index is -4.65. The van der Waals surface area contributed by atoms with Crippen LogP contribution in [0.3, 0.4) is 0 Å². The first-order valence-corrected chi connectivity index (χ1v) is 32.7. The summed E-state index contributed by atoms with van der Waals surface area (Å²) in [6, 6.07) is 36.4. The van der Waals surface area contributed by atoms with Gasteiger partial charge in [-0.05, 0) is 162 Å². The number of nitrogens with zero attached hydrogens (tertiary/aromatic N) is 6. The van der Waals surface area contributed by atoms with Crippen LogP contribution in [0.5, 0.6) is 5.75 Å². The van der Waals surface area contributed by atoms with Crippen LogP contribution in [0.4, 0.5) is 42.5 Å². The molecule has 0 amide bonds. The Morgan fingerprint density at radius 2 is 1.01 bits per heavy atom. The minimum Gasteiger partial charge on any atom is -0.457 e. The summed E-state index contributed by atoms with van der Waals surface area (Å²) in [5, 5.41) is 33.1. The van der Waals surface area contributed by atoms with Crippen LogP contribution in [0.15, 0.2) is 192 Å². The third-order valence-electron chi connectivity index (χ3n) is 14.2. The molecule has 10 rings (SSSR count). The van der Waals surface area contributed by atoms with Crippen LogP contribution in [0.25, 0.3) is 33.9 Å². The van der Waals surface area contributed by atoms with Gasteiger partial charge in [-0.2, -0.15) is 36.5 Å². The lowest BCUT2D eigenvalue weighted by molar-refractivity contribution is -0.385. The molecular formula is C67H65F6N7O15S2. The fourth-order valence-corrected chi connectivity index (χ4v) is 10.9. The number of sulfone groups is 1. The number of carbonyl (C=O) groups excluding carboxylic acids is 4. The van der Waals surface area contributed by atoms with Crippen LogP contribution in [0.1, 0.15) is 98.5 Å². The van der Waals surface area contributed by atoms with E-state index in [1.54, 1.807) is 54.6 Å². The van der Waals surface area contributed by atoms with E-state index in [4.69, 9.17) is 25.5 Å². The number of esters is 1. The number of halogens is 6. The van der Waals surface area contributed by atoms with Crippen molar-refractivity contribution in [2.75, 3.05) is 5.75 Å². The Morgan fingerprint density at radius 1 is 0.608 bits per heavy atom. The van der Waals surface area contributed by atoms with Crippen molar-refractivity contribution in [3.05, 3.63) is 230 Å². The number of sulfonamides is 1. The highest BCUT2D eigenvalue weighted by atomic mass is 32.2. The molecule has 30 heteroatoms. The summed E-state index contributed by atoms with van der Waals surface area (Å²) in [7, 11) is -7.92. The molecule has 22 nitrogen and oxygen atoms in total. The maximum Gasteiger partial charge on any atom is 0.514 e. The quantitative estimate of drug-likeness (QED) is 0.0201. The highest BCUT2D eigenvalue weighted by molar-refractivity contribution is 7.92. The standard InChI is InChI=1S/C27H27F3N2O4S.C17H14F3N3O2S.C15H17NO5.C7H5NO3.CH2O/c1-19-9-11-20(12-10-19)24-17-25(27(28,29)30)31-32(24)21-13-15-23(16-14-21)37(34,35)18-26(33)36-22-7-5-3-2-4-6-8-22;1-11-2-4-12(5-3-11)15-10-16(17(18,19)20)22-23(15)13-6-8-14(9-7-13)26(21,24)25;17-15(20-13-6-4-2-1-3-5-7-13)21-14-10-8-12(9-11-14)16(18)19;9-5-6-1-3-7(4-2-6)8(10)11;1-2/h5,7,9-17,22H,2-4,6,8,18H2,1H3;2-10H,1H3,(H2,21,24,25);4,6,8-11,13H,1-3,5,7H2;1-5H;1H2/b7-5+;;6-4+;;/i;;;5T;. The molecule has 8 aromatic rings. The van der Waals surface area contributed by atoms with Gasteiger partial charge < -0.3 is 19.0 Å². The molecule has 0 saturated carbocycles. The average molecular weight is 1390 g/mol. The van der Waals surface area contributed by atoms with E-state index in [0.717, 1.165) is 90.4 Å². The van der Waals surface area contributed by atoms with Crippen LogP contribution in [0.2, 0.25) is 0 Å². The summed E-state index contributed by atoms with van der Waals surface area (Å²) in [6.07, 6.45) is 5.64. The molecule has 2 aliphatic carbocycles. The van der Waals surface area contributed by atoms with E-state index in [1.807, 2.05) is 38.9 Å². The number of alkyl halides is 6. The maximum atomic E-state index is 13.4. The Kier molecular flexibility index (Phi) is 26.5. The molecule has 2 aromatic heterocycles. The van der Waals surface area contributed by atoms with Gasteiger partial charge in [0.1, 0.15) is 32.4 Å². The average Bonchev–Trinajstić information content (AvgIpc) is 1.62. The summed E-state index contributed by atoms with van der Waals surface area (Å²) in [5.41, 5.74) is 1.87. The number of benzene rings is 6. The zero-order valence-corrected chi connectivity index (χ0v) is 53.6. The first-order valence-electron chi connectivity index (χ1n) is 30.0. The molecule has 0 radical (unpaired) electrons. The monoisotopic (exact) mass is 1390 g/mol. The molecule has 2 atom stereocenters. The van der Waals surface area contributed by atoms with E-state index < -0.39 is 83.7 Å². The predicted molar refractivity (Wildman–Crippen MR) is 345 cm³/mol. The van der Waals surface area contributed by atoms with E-state index in [-0.39, 0.29) is 61.3 Å². The maximum absolute atomic E-state index is 13.4. The number of primary sulfonamides is 1. The highest BCUT2D eigenvalue weighted by Gasteiger charge is 2.37. The second-order valence-corrected chi connectivity index (χ2v) is 25.0. The SMILES string of the molecule is C=O.Cc1ccc(-c2cc(C(F)(F)F)nn2-c2ccc(S(=O)(=O)CC(=O)OC3/C=C/CCCCC3)cc2)cc1.Cc1ccc(-c2cc(C(F)(F)F)nn2-c2ccc(S(N)(=O)=O)cc2)cc1.O=C(Oc1ccc([N+](=O)[O-])cc1)OC1/C=C/CCCCC1.[3H]C(=O)c1ccc([N+](=O)[O-])cc1. The van der Waals surface area contributed by atoms with Crippen molar-refractivity contribution < 1.29 is 87.8 Å². The third kappa shape index (κ3) is 23.2. The molecular weight excluding hydrogens is 1320 g/mol. The predicted octanol–water partition coefficient (Wildman–Crippen LogP) is 14.8. The Labute approximate surface area is 554 Å². The van der Waals surface area contributed by atoms with E-state index in [2.05, 4.69) is 10.2 Å². The molecule has 97 heavy (non-hydrogen) atoms. The fraction of sp³-hybridized carbons (Fsp3) is 0.254. The van der Waals surface area contributed by atoms with E-state index in [1.165, 1.54) is 97.1 Å². The number of aryl methyl sites for hydroxylation is 2. The Balaban J connectivity index is 0.000000218. The topological polar surface area (TPSA) is 312 Å². The van der Waals surface area contributed by atoms with Crippen LogP contribution < -0.4 is 9.88 Å². The Hall–Kier alpha value is -10.5. The van der Waals surface area contributed by atoms with E-state index >= 15 is 0 Å². The fourth-order valence-electron chi connectivity index (χ4n) is 9.29. The number of aromatic nitrogens is 4. The second-order valence-electron chi connectivity index (χ2n) is 21.5. The zero-order chi connectivity index (χ0) is 72.0. The number of carbonyl (C=O) groups is 4. The van der Waals surface area contributed by atoms with Gasteiger partial charge >= 0.3 is 24.5 Å². The van der Waals surface area contributed by atoms with E-state index in [0.29, 0.717) is 17.5 Å². The summed E-state index contributed by atoms with van der Waals surface area (Å²) < 4.78 is 153. The molecule has 0 fully saturated rings. The molecule has 2 unspecified atom stereocenters. The smallest absolute Gasteiger partial charge is 0.457 e. The molecule has 2 aliphatic rings. The second kappa shape index (κ2) is 34.8. The van der Waals surface area contributed by atoms with Crippen molar-refractivity contribution in [1.29, 1.82) is 0 Å². The number of non-ortho nitro benzene ring substituents is 2. The lowest BCUT2D eigenvalue weighted by atomic mass is 10.0. The zero-order valence-electron chi connectivity index (χ0n) is 52.9. The Bertz CT molecular complexity index is 4290. The van der Waals surface area contributed by atoms with Crippen LogP contribution in [-0.4, -0.2) is 89.4 Å². The minimum absolute atomic E-state index is 0.0568. The van der Waals surface area contributed by atoms with Crippen molar-refractivity contribution in [3.63, 3.8) is 0 Å². The van der Waals surface area contributed by atoms with Crippen molar-refractivity contribution in [1.82, 2.24) is 19.6 Å². The molecule has 2 N–H and O–H groups in total. The molecule has 0 saturated heterocycles. The molecule has 512 valence electrons. The molecule has 0 spiro atoms. The number of allylic oxidation sites excluding steroid dienone is 2. The van der Waals surface area contributed by atoms with Crippen molar-refractivity contribution >= 4 is 56.4 Å². The van der Waals surface area contributed by atoms with Crippen LogP contribution in [-0.2, 0) is 51.3 Å². The van der Waals surface area contributed by atoms with Crippen molar-refractivity contribution in [2.45, 2.75) is 112 Å². The van der Waals surface area contributed by atoms with Gasteiger partial charge in [-0.1, -0.05) is 84.7 Å². The van der Waals surface area contributed by atoms with Gasteiger partial charge in [0, 0.05) is 41.0 Å². The lowest BCUT2D eigenvalue weighted by Gasteiger charge is -2.16. The van der Waals surface area contributed by atoms with Gasteiger partial charge in [0.05, 0.1) is 42.4 Å². The number of ether oxygens (including phenoxy) is 3. The number of aldehydes is 1. The number of nitro benzene ring substituents is 2. The lowest BCUT2D eigenvalue weighted by Crippen LogP contribution is -2.24. The van der Waals surface area contributed by atoms with E-state index in [9.17, 15) is 77.8 Å². The van der Waals surface area contributed by atoms with Crippen LogP contribution >= 0.6 is 0 Å². The Morgan fingerprint density at radius 3 is 1.40 bits per heavy atom. The third-order valence-corrected chi connectivity index (χ3v) is 16.8. The highest BCUT2D eigenvalue weighted by Crippen LogP contribution is 2.36. The number of nitro groups is 2.